The molecule has 1 atom stereocenters. The highest BCUT2D eigenvalue weighted by atomic mass is 16.5. The normalized spacial score (nSPS) is 19.7. The van der Waals surface area contributed by atoms with Crippen molar-refractivity contribution in [2.45, 2.75) is 25.8 Å². The van der Waals surface area contributed by atoms with Gasteiger partial charge in [-0.1, -0.05) is 42.5 Å². The van der Waals surface area contributed by atoms with E-state index >= 15 is 0 Å². The van der Waals surface area contributed by atoms with Gasteiger partial charge in [0.25, 0.3) is 0 Å². The number of hydrogen-bond donors (Lipinski definition) is 0. The first-order valence-corrected chi connectivity index (χ1v) is 9.87. The van der Waals surface area contributed by atoms with Crippen molar-refractivity contribution in [2.24, 2.45) is 0 Å². The van der Waals surface area contributed by atoms with Crippen LogP contribution >= 0.6 is 0 Å². The third-order valence-corrected chi connectivity index (χ3v) is 5.93. The lowest BCUT2D eigenvalue weighted by Crippen LogP contribution is -2.42. The van der Waals surface area contributed by atoms with Crippen molar-refractivity contribution in [3.8, 4) is 5.75 Å². The topological polar surface area (TPSA) is 42.4 Å². The summed E-state index contributed by atoms with van der Waals surface area (Å²) in [5, 5.41) is 0. The Balaban J connectivity index is 1.66. The fourth-order valence-corrected chi connectivity index (χ4v) is 4.51. The molecule has 4 nitrogen and oxygen atoms in total. The number of carbonyl (C=O) groups excluding carboxylic acids is 1. The predicted molar refractivity (Wildman–Crippen MR) is 114 cm³/mol. The molecule has 0 N–H and O–H groups in total. The van der Waals surface area contributed by atoms with Crippen LogP contribution in [-0.2, 0) is 16.8 Å². The number of ether oxygens (including phenoxy) is 1. The monoisotopic (exact) mass is 382 g/mol. The van der Waals surface area contributed by atoms with Gasteiger partial charge < -0.3 is 9.64 Å². The Hall–Kier alpha value is -3.40. The molecule has 2 aliphatic rings. The van der Waals surface area contributed by atoms with E-state index in [1.165, 1.54) is 0 Å². The van der Waals surface area contributed by atoms with Gasteiger partial charge >= 0.3 is 0 Å². The fraction of sp³-hybridized carbons (Fsp3) is 0.200. The highest BCUT2D eigenvalue weighted by Crippen LogP contribution is 2.53. The summed E-state index contributed by atoms with van der Waals surface area (Å²) in [7, 11) is 0. The Bertz CT molecular complexity index is 1140. The SMILES string of the molecule is C/C=C\c1cc2c(cc1C)C1(CO2)C(=O)N(Cc2ccccn2)c2ccccc21. The van der Waals surface area contributed by atoms with Crippen molar-refractivity contribution >= 4 is 17.7 Å². The van der Waals surface area contributed by atoms with Crippen molar-refractivity contribution in [3.05, 3.63) is 94.8 Å². The van der Waals surface area contributed by atoms with E-state index in [0.29, 0.717) is 13.2 Å². The number of hydrogen-bond acceptors (Lipinski definition) is 3. The molecule has 1 spiro atoms. The van der Waals surface area contributed by atoms with Gasteiger partial charge in [0.1, 0.15) is 17.8 Å². The molecule has 29 heavy (non-hydrogen) atoms. The van der Waals surface area contributed by atoms with Crippen LogP contribution in [0.3, 0.4) is 0 Å². The Kier molecular flexibility index (Phi) is 4.02. The Labute approximate surface area is 170 Å². The molecule has 3 aromatic rings. The lowest BCUT2D eigenvalue weighted by molar-refractivity contribution is -0.122. The van der Waals surface area contributed by atoms with E-state index in [2.05, 4.69) is 36.2 Å². The van der Waals surface area contributed by atoms with Gasteiger partial charge in [-0.2, -0.15) is 0 Å². The van der Waals surface area contributed by atoms with Gasteiger partial charge in [-0.05, 0) is 54.8 Å². The second-order valence-corrected chi connectivity index (χ2v) is 7.63. The van der Waals surface area contributed by atoms with Gasteiger partial charge in [-0.25, -0.2) is 0 Å². The van der Waals surface area contributed by atoms with Crippen LogP contribution < -0.4 is 9.64 Å². The number of benzene rings is 2. The molecule has 2 aliphatic heterocycles. The second-order valence-electron chi connectivity index (χ2n) is 7.63. The maximum Gasteiger partial charge on any atom is 0.246 e. The van der Waals surface area contributed by atoms with E-state index in [1.54, 1.807) is 6.20 Å². The molecule has 1 amide bonds. The third kappa shape index (κ3) is 2.52. The number of carbonyl (C=O) groups is 1. The molecular formula is C25H22N2O2. The van der Waals surface area contributed by atoms with Gasteiger partial charge in [0, 0.05) is 17.4 Å². The summed E-state index contributed by atoms with van der Waals surface area (Å²) < 4.78 is 6.11. The smallest absolute Gasteiger partial charge is 0.246 e. The number of aryl methyl sites for hydroxylation is 1. The van der Waals surface area contributed by atoms with Gasteiger partial charge in [-0.15, -0.1) is 0 Å². The van der Waals surface area contributed by atoms with E-state index in [9.17, 15) is 4.79 Å². The lowest BCUT2D eigenvalue weighted by atomic mass is 9.76. The molecule has 1 unspecified atom stereocenters. The summed E-state index contributed by atoms with van der Waals surface area (Å²) in [5.74, 6) is 0.854. The largest absolute Gasteiger partial charge is 0.491 e. The minimum absolute atomic E-state index is 0.0567. The predicted octanol–water partition coefficient (Wildman–Crippen LogP) is 4.65. The molecule has 144 valence electrons. The van der Waals surface area contributed by atoms with E-state index < -0.39 is 5.41 Å². The number of rotatable bonds is 3. The van der Waals surface area contributed by atoms with E-state index in [4.69, 9.17) is 4.74 Å². The highest BCUT2D eigenvalue weighted by Gasteiger charge is 2.56. The number of para-hydroxylation sites is 1. The van der Waals surface area contributed by atoms with E-state index in [1.807, 2.05) is 54.3 Å². The van der Waals surface area contributed by atoms with Crippen molar-refractivity contribution in [3.63, 3.8) is 0 Å². The summed E-state index contributed by atoms with van der Waals surface area (Å²) in [4.78, 5) is 20.2. The molecular weight excluding hydrogens is 360 g/mol. The maximum absolute atomic E-state index is 13.9. The lowest BCUT2D eigenvalue weighted by Gasteiger charge is -2.23. The van der Waals surface area contributed by atoms with Crippen LogP contribution in [0.25, 0.3) is 6.08 Å². The number of allylic oxidation sites excluding steroid dienone is 1. The third-order valence-electron chi connectivity index (χ3n) is 5.93. The first kappa shape index (κ1) is 17.7. The standard InChI is InChI=1S/C25H22N2O2/c1-3-8-18-14-23-21(13-17(18)2)25(16-29-23)20-10-4-5-11-22(20)27(24(25)28)15-19-9-6-7-12-26-19/h3-14H,15-16H2,1-2H3/b8-3-. The van der Waals surface area contributed by atoms with Crippen LogP contribution in [0.1, 0.15) is 34.9 Å². The summed E-state index contributed by atoms with van der Waals surface area (Å²) >= 11 is 0. The number of aromatic nitrogens is 1. The first-order chi connectivity index (χ1) is 14.1. The summed E-state index contributed by atoms with van der Waals surface area (Å²) in [6, 6.07) is 18.0. The van der Waals surface area contributed by atoms with Crippen molar-refractivity contribution < 1.29 is 9.53 Å². The quantitative estimate of drug-likeness (QED) is 0.662. The van der Waals surface area contributed by atoms with Crippen LogP contribution in [0, 0.1) is 6.92 Å². The molecule has 0 fully saturated rings. The van der Waals surface area contributed by atoms with Crippen molar-refractivity contribution in [1.29, 1.82) is 0 Å². The van der Waals surface area contributed by atoms with Gasteiger partial charge in [-0.3, -0.25) is 9.78 Å². The maximum atomic E-state index is 13.9. The zero-order chi connectivity index (χ0) is 20.0. The second kappa shape index (κ2) is 6.59. The van der Waals surface area contributed by atoms with Crippen LogP contribution in [0.15, 0.2) is 66.9 Å². The number of amides is 1. The van der Waals surface area contributed by atoms with E-state index in [-0.39, 0.29) is 5.91 Å². The Morgan fingerprint density at radius 2 is 1.97 bits per heavy atom. The van der Waals surface area contributed by atoms with E-state index in [0.717, 1.165) is 39.4 Å². The molecule has 0 radical (unpaired) electrons. The van der Waals surface area contributed by atoms with Gasteiger partial charge in [0.2, 0.25) is 5.91 Å². The molecule has 0 bridgehead atoms. The molecule has 5 rings (SSSR count). The van der Waals surface area contributed by atoms with Crippen LogP contribution in [0.4, 0.5) is 5.69 Å². The van der Waals surface area contributed by atoms with Crippen molar-refractivity contribution in [1.82, 2.24) is 4.98 Å². The van der Waals surface area contributed by atoms with Gasteiger partial charge in [0.15, 0.2) is 0 Å². The number of anilines is 1. The minimum Gasteiger partial charge on any atom is -0.491 e. The zero-order valence-corrected chi connectivity index (χ0v) is 16.6. The van der Waals surface area contributed by atoms with Gasteiger partial charge in [0.05, 0.1) is 12.2 Å². The zero-order valence-electron chi connectivity index (χ0n) is 16.6. The molecule has 0 saturated heterocycles. The molecule has 1 aromatic heterocycles. The molecule has 0 saturated carbocycles. The summed E-state index contributed by atoms with van der Waals surface area (Å²) in [6.07, 6.45) is 5.85. The number of fused-ring (bicyclic) bond motifs is 4. The molecule has 0 aliphatic carbocycles. The molecule has 4 heteroatoms. The Morgan fingerprint density at radius 3 is 2.76 bits per heavy atom. The first-order valence-electron chi connectivity index (χ1n) is 9.87. The molecule has 3 heterocycles. The van der Waals surface area contributed by atoms with Crippen LogP contribution in [-0.4, -0.2) is 17.5 Å². The fourth-order valence-electron chi connectivity index (χ4n) is 4.51. The minimum atomic E-state index is -0.792. The van der Waals surface area contributed by atoms with Crippen LogP contribution in [0.2, 0.25) is 0 Å². The Morgan fingerprint density at radius 1 is 1.14 bits per heavy atom. The number of pyridine rings is 1. The van der Waals surface area contributed by atoms with Crippen molar-refractivity contribution in [2.75, 3.05) is 11.5 Å². The van der Waals surface area contributed by atoms with Crippen LogP contribution in [0.5, 0.6) is 5.75 Å². The highest BCUT2D eigenvalue weighted by molar-refractivity contribution is 6.11. The summed E-state index contributed by atoms with van der Waals surface area (Å²) in [6.45, 7) is 4.86. The number of nitrogens with zero attached hydrogens (tertiary/aromatic N) is 2. The average molecular weight is 382 g/mol. The average Bonchev–Trinajstić information content (AvgIpc) is 3.22. The summed E-state index contributed by atoms with van der Waals surface area (Å²) in [5.41, 5.74) is 5.25. The molecule has 2 aromatic carbocycles.